The van der Waals surface area contributed by atoms with Gasteiger partial charge in [-0.15, -0.1) is 0 Å². The Hall–Kier alpha value is -3.13. The number of rotatable bonds is 8. The Morgan fingerprint density at radius 3 is 2.67 bits per heavy atom. The van der Waals surface area contributed by atoms with E-state index < -0.39 is 5.97 Å². The quantitative estimate of drug-likeness (QED) is 0.227. The lowest BCUT2D eigenvalue weighted by molar-refractivity contribution is 0.0699. The fraction of sp³-hybridized carbons (Fsp3) is 0.333. The van der Waals surface area contributed by atoms with Gasteiger partial charge >= 0.3 is 5.97 Å². The van der Waals surface area contributed by atoms with Crippen LogP contribution < -0.4 is 0 Å². The summed E-state index contributed by atoms with van der Waals surface area (Å²) >= 11 is 13.0. The number of aryl methyl sites for hydroxylation is 1. The second kappa shape index (κ2) is 10.5. The van der Waals surface area contributed by atoms with Gasteiger partial charge in [-0.05, 0) is 61.9 Å². The zero-order chi connectivity index (χ0) is 27.3. The van der Waals surface area contributed by atoms with Crippen LogP contribution in [0.1, 0.15) is 52.4 Å². The molecule has 2 aromatic heterocycles. The van der Waals surface area contributed by atoms with Crippen molar-refractivity contribution in [2.45, 2.75) is 38.0 Å². The minimum Gasteiger partial charge on any atom is -0.478 e. The van der Waals surface area contributed by atoms with Crippen LogP contribution in [-0.2, 0) is 19.9 Å². The molecule has 2 aliphatic rings. The van der Waals surface area contributed by atoms with Crippen LogP contribution in [0.15, 0.2) is 52.7 Å². The molecule has 4 aromatic rings. The van der Waals surface area contributed by atoms with Crippen LogP contribution in [-0.4, -0.2) is 45.3 Å². The van der Waals surface area contributed by atoms with E-state index in [9.17, 15) is 14.3 Å². The Bertz CT molecular complexity index is 1600. The topological polar surface area (TPSA) is 71.5 Å². The minimum absolute atomic E-state index is 0.114. The van der Waals surface area contributed by atoms with Crippen molar-refractivity contribution in [1.82, 2.24) is 14.6 Å². The fourth-order valence-corrected chi connectivity index (χ4v) is 6.11. The van der Waals surface area contributed by atoms with Crippen LogP contribution in [0.25, 0.3) is 22.2 Å². The van der Waals surface area contributed by atoms with Crippen LogP contribution in [0.3, 0.4) is 0 Å². The molecule has 1 aliphatic carbocycles. The molecule has 39 heavy (non-hydrogen) atoms. The van der Waals surface area contributed by atoms with E-state index in [2.05, 4.69) is 16.1 Å². The minimum atomic E-state index is -1.06. The molecule has 0 atom stereocenters. The summed E-state index contributed by atoms with van der Waals surface area (Å²) in [5, 5.41) is 15.4. The van der Waals surface area contributed by atoms with Gasteiger partial charge in [0.1, 0.15) is 17.3 Å². The van der Waals surface area contributed by atoms with Gasteiger partial charge in [-0.25, -0.2) is 9.18 Å². The number of fused-ring (bicyclic) bond motifs is 1. The first-order valence-corrected chi connectivity index (χ1v) is 13.9. The molecule has 9 heteroatoms. The maximum Gasteiger partial charge on any atom is 0.337 e. The fourth-order valence-electron chi connectivity index (χ4n) is 5.53. The number of aromatic nitrogens is 2. The molecule has 2 aromatic carbocycles. The number of benzene rings is 2. The first-order chi connectivity index (χ1) is 18.8. The third kappa shape index (κ3) is 5.11. The van der Waals surface area contributed by atoms with Gasteiger partial charge in [0.25, 0.3) is 0 Å². The van der Waals surface area contributed by atoms with Gasteiger partial charge in [0.15, 0.2) is 0 Å². The lowest BCUT2D eigenvalue weighted by Gasteiger charge is -2.26. The molecule has 6 rings (SSSR count). The molecule has 202 valence electrons. The van der Waals surface area contributed by atoms with Crippen molar-refractivity contribution in [3.05, 3.63) is 86.5 Å². The predicted molar refractivity (Wildman–Crippen MR) is 150 cm³/mol. The third-order valence-corrected chi connectivity index (χ3v) is 8.47. The summed E-state index contributed by atoms with van der Waals surface area (Å²) in [5.74, 6) is -0.0593. The van der Waals surface area contributed by atoms with Crippen molar-refractivity contribution < 1.29 is 18.8 Å². The molecule has 1 saturated carbocycles. The first kappa shape index (κ1) is 26.1. The van der Waals surface area contributed by atoms with Gasteiger partial charge in [0.2, 0.25) is 0 Å². The summed E-state index contributed by atoms with van der Waals surface area (Å²) in [4.78, 5) is 13.9. The number of carbonyl (C=O) groups is 1. The first-order valence-electron chi connectivity index (χ1n) is 13.1. The molecule has 3 heterocycles. The molecule has 1 fully saturated rings. The molecular formula is C30H28Cl2FN3O3. The highest BCUT2D eigenvalue weighted by atomic mass is 35.5. The van der Waals surface area contributed by atoms with E-state index in [1.54, 1.807) is 17.7 Å². The Balaban J connectivity index is 1.16. The lowest BCUT2D eigenvalue weighted by atomic mass is 9.97. The van der Waals surface area contributed by atoms with E-state index in [0.29, 0.717) is 33.3 Å². The Morgan fingerprint density at radius 2 is 2.00 bits per heavy atom. The Morgan fingerprint density at radius 1 is 1.23 bits per heavy atom. The molecule has 0 radical (unpaired) electrons. The molecule has 0 amide bonds. The number of carboxylic acids is 1. The number of carboxylic acid groups (broad SMARTS) is 1. The highest BCUT2D eigenvalue weighted by Crippen LogP contribution is 2.46. The normalized spacial score (nSPS) is 16.2. The van der Waals surface area contributed by atoms with E-state index in [1.807, 2.05) is 18.2 Å². The van der Waals surface area contributed by atoms with E-state index in [4.69, 9.17) is 27.7 Å². The van der Waals surface area contributed by atoms with Crippen molar-refractivity contribution >= 4 is 40.1 Å². The number of nitrogens with zero attached hydrogens (tertiary/aromatic N) is 3. The SMILES string of the molecule is Cn1cc(C(=O)O)c2cc(F)c(CC3=CCN(CCc4c(-c5c(Cl)cccc5Cl)noc4C4CC4)CC3)cc21. The van der Waals surface area contributed by atoms with E-state index in [0.717, 1.165) is 73.4 Å². The maximum absolute atomic E-state index is 15.0. The lowest BCUT2D eigenvalue weighted by Crippen LogP contribution is -2.31. The van der Waals surface area contributed by atoms with Gasteiger partial charge in [-0.3, -0.25) is 4.90 Å². The number of hydrogen-bond donors (Lipinski definition) is 1. The summed E-state index contributed by atoms with van der Waals surface area (Å²) in [6, 6.07) is 8.58. The summed E-state index contributed by atoms with van der Waals surface area (Å²) in [6.07, 6.45) is 8.06. The highest BCUT2D eigenvalue weighted by molar-refractivity contribution is 6.39. The van der Waals surface area contributed by atoms with Crippen molar-refractivity contribution in [2.75, 3.05) is 19.6 Å². The molecular weight excluding hydrogens is 540 g/mol. The maximum atomic E-state index is 15.0. The number of halogens is 3. The monoisotopic (exact) mass is 567 g/mol. The van der Waals surface area contributed by atoms with E-state index in [-0.39, 0.29) is 11.4 Å². The molecule has 0 saturated heterocycles. The molecule has 1 N–H and O–H groups in total. The van der Waals surface area contributed by atoms with E-state index in [1.165, 1.54) is 17.8 Å². The van der Waals surface area contributed by atoms with Crippen LogP contribution in [0.4, 0.5) is 4.39 Å². The van der Waals surface area contributed by atoms with E-state index >= 15 is 0 Å². The van der Waals surface area contributed by atoms with Crippen molar-refractivity contribution in [1.29, 1.82) is 0 Å². The standard InChI is InChI=1S/C30H28Cl2FN3O3/c1-35-16-22(30(37)38)21-15-25(33)19(14-26(21)35)13-17-7-10-36(11-8-17)12-9-20-28(34-39-29(20)18-5-6-18)27-23(31)3-2-4-24(27)32/h2-4,7,14-16,18H,5-6,8-13H2,1H3,(H,37,38). The third-order valence-electron chi connectivity index (χ3n) is 7.84. The van der Waals surface area contributed by atoms with Gasteiger partial charge in [0.05, 0.1) is 15.6 Å². The van der Waals surface area contributed by atoms with Crippen LogP contribution in [0, 0.1) is 5.82 Å². The predicted octanol–water partition coefficient (Wildman–Crippen LogP) is 7.27. The average molecular weight is 568 g/mol. The summed E-state index contributed by atoms with van der Waals surface area (Å²) in [7, 11) is 1.78. The molecule has 0 spiro atoms. The number of aromatic carboxylic acids is 1. The summed E-state index contributed by atoms with van der Waals surface area (Å²) in [5.41, 5.74) is 5.14. The van der Waals surface area contributed by atoms with Crippen molar-refractivity contribution in [3.63, 3.8) is 0 Å². The summed E-state index contributed by atoms with van der Waals surface area (Å²) in [6.45, 7) is 2.48. The molecule has 0 unspecified atom stereocenters. The second-order valence-corrected chi connectivity index (χ2v) is 11.3. The zero-order valence-corrected chi connectivity index (χ0v) is 23.0. The summed E-state index contributed by atoms with van der Waals surface area (Å²) < 4.78 is 22.5. The average Bonchev–Trinajstić information content (AvgIpc) is 3.59. The van der Waals surface area contributed by atoms with Crippen LogP contribution in [0.5, 0.6) is 0 Å². The van der Waals surface area contributed by atoms with Gasteiger partial charge in [0, 0.05) is 60.8 Å². The molecule has 1 aliphatic heterocycles. The molecule has 6 nitrogen and oxygen atoms in total. The Kier molecular flexibility index (Phi) is 7.00. The van der Waals surface area contributed by atoms with Gasteiger partial charge in [-0.1, -0.05) is 46.1 Å². The van der Waals surface area contributed by atoms with Crippen molar-refractivity contribution in [3.8, 4) is 11.3 Å². The molecule has 0 bridgehead atoms. The van der Waals surface area contributed by atoms with Crippen LogP contribution >= 0.6 is 23.2 Å². The largest absolute Gasteiger partial charge is 0.478 e. The number of hydrogen-bond acceptors (Lipinski definition) is 4. The second-order valence-electron chi connectivity index (χ2n) is 10.5. The van der Waals surface area contributed by atoms with Crippen molar-refractivity contribution in [2.24, 2.45) is 7.05 Å². The smallest absolute Gasteiger partial charge is 0.337 e. The van der Waals surface area contributed by atoms with Crippen LogP contribution in [0.2, 0.25) is 10.0 Å². The van der Waals surface area contributed by atoms with Gasteiger partial charge in [-0.2, -0.15) is 0 Å². The van der Waals surface area contributed by atoms with Gasteiger partial charge < -0.3 is 14.2 Å². The highest BCUT2D eigenvalue weighted by Gasteiger charge is 2.33. The Labute approximate surface area is 235 Å². The zero-order valence-electron chi connectivity index (χ0n) is 21.5.